The van der Waals surface area contributed by atoms with E-state index in [0.29, 0.717) is 19.4 Å². The number of benzene rings is 1. The van der Waals surface area contributed by atoms with Gasteiger partial charge in [-0.1, -0.05) is 6.07 Å². The highest BCUT2D eigenvalue weighted by atomic mass is 32.2. The normalized spacial score (nSPS) is 20.1. The second-order valence-electron chi connectivity index (χ2n) is 5.78. The molecule has 7 nitrogen and oxygen atoms in total. The second kappa shape index (κ2) is 7.70. The average Bonchev–Trinajstić information content (AvgIpc) is 3.29. The Balaban J connectivity index is 1.73. The van der Waals surface area contributed by atoms with Gasteiger partial charge in [-0.15, -0.1) is 11.3 Å². The molecule has 0 spiro atoms. The van der Waals surface area contributed by atoms with Crippen LogP contribution in [-0.4, -0.2) is 33.1 Å². The summed E-state index contributed by atoms with van der Waals surface area (Å²) >= 11 is 1.02. The van der Waals surface area contributed by atoms with Crippen molar-refractivity contribution >= 4 is 38.6 Å². The summed E-state index contributed by atoms with van der Waals surface area (Å²) in [6.07, 6.45) is 0.475. The van der Waals surface area contributed by atoms with Crippen LogP contribution in [0, 0.1) is 5.82 Å². The van der Waals surface area contributed by atoms with E-state index in [1.807, 2.05) is 0 Å². The highest BCUT2D eigenvalue weighted by molar-refractivity contribution is 7.94. The number of hydrogen-bond acceptors (Lipinski definition) is 6. The van der Waals surface area contributed by atoms with E-state index in [4.69, 9.17) is 10.5 Å². The Kier molecular flexibility index (Phi) is 5.56. The Labute approximate surface area is 154 Å². The van der Waals surface area contributed by atoms with Gasteiger partial charge in [-0.25, -0.2) is 12.8 Å². The lowest BCUT2D eigenvalue weighted by atomic mass is 10.2. The standard InChI is InChI=1S/C16H18FN3O4S2/c17-12-5-3-10(19-16(21)14-6-4-11(9-18)24-14)8-13(12)20-26(22,23)15-2-1-7-25-15/h1-3,5,7-8,11,14,20H,4,6,9,18H2,(H,19,21)/t11-,14+/m1/s1. The number of hydrogen-bond donors (Lipinski definition) is 3. The monoisotopic (exact) mass is 399 g/mol. The molecular formula is C16H18FN3O4S2. The number of sulfonamides is 1. The first-order chi connectivity index (χ1) is 12.4. The van der Waals surface area contributed by atoms with Gasteiger partial charge in [-0.3, -0.25) is 9.52 Å². The molecule has 1 fully saturated rings. The number of halogens is 1. The molecule has 0 aliphatic carbocycles. The van der Waals surface area contributed by atoms with Gasteiger partial charge in [0.25, 0.3) is 15.9 Å². The molecule has 2 aromatic rings. The van der Waals surface area contributed by atoms with Gasteiger partial charge in [0.05, 0.1) is 11.8 Å². The van der Waals surface area contributed by atoms with Crippen LogP contribution >= 0.6 is 11.3 Å². The van der Waals surface area contributed by atoms with Crippen molar-refractivity contribution < 1.29 is 22.3 Å². The minimum absolute atomic E-state index is 0.0681. The van der Waals surface area contributed by atoms with Crippen LogP contribution in [0.15, 0.2) is 39.9 Å². The van der Waals surface area contributed by atoms with Crippen molar-refractivity contribution in [3.05, 3.63) is 41.5 Å². The third kappa shape index (κ3) is 4.21. The van der Waals surface area contributed by atoms with Crippen LogP contribution in [-0.2, 0) is 19.6 Å². The lowest BCUT2D eigenvalue weighted by Gasteiger charge is -2.14. The van der Waals surface area contributed by atoms with E-state index in [9.17, 15) is 17.6 Å². The molecule has 1 aliphatic heterocycles. The van der Waals surface area contributed by atoms with E-state index in [2.05, 4.69) is 10.0 Å². The second-order valence-corrected chi connectivity index (χ2v) is 8.64. The van der Waals surface area contributed by atoms with Crippen LogP contribution in [0.2, 0.25) is 0 Å². The minimum atomic E-state index is -3.89. The Morgan fingerprint density at radius 3 is 2.81 bits per heavy atom. The molecule has 4 N–H and O–H groups in total. The van der Waals surface area contributed by atoms with Gasteiger partial charge < -0.3 is 15.8 Å². The number of carbonyl (C=O) groups excluding carboxylic acids is 1. The predicted molar refractivity (Wildman–Crippen MR) is 97.1 cm³/mol. The van der Waals surface area contributed by atoms with Gasteiger partial charge in [0.1, 0.15) is 16.1 Å². The number of thiophene rings is 1. The van der Waals surface area contributed by atoms with E-state index in [0.717, 1.165) is 17.4 Å². The maximum absolute atomic E-state index is 14.0. The van der Waals surface area contributed by atoms with E-state index >= 15 is 0 Å². The number of nitrogens with one attached hydrogen (secondary N) is 2. The number of amides is 1. The molecule has 26 heavy (non-hydrogen) atoms. The first-order valence-electron chi connectivity index (χ1n) is 7.91. The summed E-state index contributed by atoms with van der Waals surface area (Å²) in [5.74, 6) is -1.12. The van der Waals surface area contributed by atoms with Crippen LogP contribution in [0.4, 0.5) is 15.8 Å². The molecule has 10 heteroatoms. The van der Waals surface area contributed by atoms with Crippen LogP contribution < -0.4 is 15.8 Å². The molecule has 0 saturated carbocycles. The topological polar surface area (TPSA) is 111 Å². The van der Waals surface area contributed by atoms with Crippen molar-refractivity contribution in [2.75, 3.05) is 16.6 Å². The molecule has 1 amide bonds. The molecule has 2 atom stereocenters. The van der Waals surface area contributed by atoms with E-state index in [-0.39, 0.29) is 27.6 Å². The molecule has 1 aromatic heterocycles. The highest BCUT2D eigenvalue weighted by Crippen LogP contribution is 2.26. The molecule has 140 valence electrons. The highest BCUT2D eigenvalue weighted by Gasteiger charge is 2.30. The lowest BCUT2D eigenvalue weighted by molar-refractivity contribution is -0.126. The zero-order chi connectivity index (χ0) is 18.7. The van der Waals surface area contributed by atoms with Crippen LogP contribution in [0.1, 0.15) is 12.8 Å². The summed E-state index contributed by atoms with van der Waals surface area (Å²) in [7, 11) is -3.89. The quantitative estimate of drug-likeness (QED) is 0.689. The van der Waals surface area contributed by atoms with Gasteiger partial charge in [0.2, 0.25) is 0 Å². The minimum Gasteiger partial charge on any atom is -0.364 e. The maximum Gasteiger partial charge on any atom is 0.271 e. The Bertz CT molecular complexity index is 887. The number of anilines is 2. The summed E-state index contributed by atoms with van der Waals surface area (Å²) in [6, 6.07) is 6.67. The van der Waals surface area contributed by atoms with Crippen LogP contribution in [0.25, 0.3) is 0 Å². The zero-order valence-electron chi connectivity index (χ0n) is 13.6. The van der Waals surface area contributed by atoms with Crippen LogP contribution in [0.5, 0.6) is 0 Å². The number of rotatable bonds is 6. The summed E-state index contributed by atoms with van der Waals surface area (Å²) in [5, 5.41) is 4.22. The number of nitrogens with two attached hydrogens (primary N) is 1. The van der Waals surface area contributed by atoms with Gasteiger partial charge in [-0.05, 0) is 42.5 Å². The Morgan fingerprint density at radius 1 is 1.35 bits per heavy atom. The molecule has 1 saturated heterocycles. The molecule has 3 rings (SSSR count). The first-order valence-corrected chi connectivity index (χ1v) is 10.3. The summed E-state index contributed by atoms with van der Waals surface area (Å²) in [6.45, 7) is 0.342. The molecule has 1 aromatic carbocycles. The van der Waals surface area contributed by atoms with E-state index < -0.39 is 21.9 Å². The van der Waals surface area contributed by atoms with Crippen molar-refractivity contribution in [3.8, 4) is 0 Å². The van der Waals surface area contributed by atoms with Gasteiger partial charge >= 0.3 is 0 Å². The Hall–Kier alpha value is -2.01. The average molecular weight is 399 g/mol. The Morgan fingerprint density at radius 2 is 2.15 bits per heavy atom. The van der Waals surface area contributed by atoms with Crippen molar-refractivity contribution in [1.29, 1.82) is 0 Å². The lowest BCUT2D eigenvalue weighted by Crippen LogP contribution is -2.29. The molecule has 2 heterocycles. The van der Waals surface area contributed by atoms with Gasteiger partial charge in [0.15, 0.2) is 0 Å². The third-order valence-corrected chi connectivity index (χ3v) is 6.66. The molecule has 1 aliphatic rings. The number of carbonyl (C=O) groups is 1. The van der Waals surface area contributed by atoms with Crippen molar-refractivity contribution in [2.45, 2.75) is 29.3 Å². The largest absolute Gasteiger partial charge is 0.364 e. The summed E-state index contributed by atoms with van der Waals surface area (Å²) in [5.41, 5.74) is 5.54. The summed E-state index contributed by atoms with van der Waals surface area (Å²) in [4.78, 5) is 12.2. The van der Waals surface area contributed by atoms with Gasteiger partial charge in [0, 0.05) is 12.2 Å². The van der Waals surface area contributed by atoms with Crippen LogP contribution in [0.3, 0.4) is 0 Å². The van der Waals surface area contributed by atoms with Crippen molar-refractivity contribution in [2.24, 2.45) is 5.73 Å². The van der Waals surface area contributed by atoms with Crippen molar-refractivity contribution in [3.63, 3.8) is 0 Å². The van der Waals surface area contributed by atoms with Crippen molar-refractivity contribution in [1.82, 2.24) is 0 Å². The zero-order valence-corrected chi connectivity index (χ0v) is 15.3. The molecule has 0 bridgehead atoms. The third-order valence-electron chi connectivity index (χ3n) is 3.90. The SMILES string of the molecule is NC[C@H]1CC[C@@H](C(=O)Nc2ccc(F)c(NS(=O)(=O)c3cccs3)c2)O1. The molecule has 0 radical (unpaired) electrons. The predicted octanol–water partition coefficient (Wildman–Crippen LogP) is 2.13. The first kappa shape index (κ1) is 18.8. The molecule has 0 unspecified atom stereocenters. The van der Waals surface area contributed by atoms with Gasteiger partial charge in [-0.2, -0.15) is 0 Å². The number of ether oxygens (including phenoxy) is 1. The molecular weight excluding hydrogens is 381 g/mol. The summed E-state index contributed by atoms with van der Waals surface area (Å²) < 4.78 is 46.3. The maximum atomic E-state index is 14.0. The fourth-order valence-electron chi connectivity index (χ4n) is 2.59. The fourth-order valence-corrected chi connectivity index (χ4v) is 4.64. The van der Waals surface area contributed by atoms with E-state index in [1.54, 1.807) is 11.4 Å². The fraction of sp³-hybridized carbons (Fsp3) is 0.312. The van der Waals surface area contributed by atoms with E-state index in [1.165, 1.54) is 18.2 Å². The smallest absolute Gasteiger partial charge is 0.271 e.